The molecule has 0 fully saturated rings. The van der Waals surface area contributed by atoms with Crippen molar-refractivity contribution in [1.82, 2.24) is 9.97 Å². The highest BCUT2D eigenvalue weighted by atomic mass is 14.9. The van der Waals surface area contributed by atoms with Crippen LogP contribution >= 0.6 is 0 Å². The van der Waals surface area contributed by atoms with Crippen molar-refractivity contribution in [1.29, 1.82) is 0 Å². The average Bonchev–Trinajstić information content (AvgIpc) is 2.78. The number of rotatable bonds is 4. The fourth-order valence-corrected chi connectivity index (χ4v) is 1.72. The van der Waals surface area contributed by atoms with Gasteiger partial charge in [0.15, 0.2) is 0 Å². The Balaban J connectivity index is 2.27. The molecule has 0 radical (unpaired) electrons. The van der Waals surface area contributed by atoms with Gasteiger partial charge in [0.25, 0.3) is 0 Å². The predicted molar refractivity (Wildman–Crippen MR) is 67.6 cm³/mol. The van der Waals surface area contributed by atoms with E-state index in [1.165, 1.54) is 5.69 Å². The summed E-state index contributed by atoms with van der Waals surface area (Å²) < 4.78 is 0. The summed E-state index contributed by atoms with van der Waals surface area (Å²) in [4.78, 5) is 7.74. The summed E-state index contributed by atoms with van der Waals surface area (Å²) in [5.74, 6) is 0.945. The van der Waals surface area contributed by atoms with E-state index in [-0.39, 0.29) is 0 Å². The third-order valence-corrected chi connectivity index (χ3v) is 2.57. The zero-order chi connectivity index (χ0) is 11.4. The number of aromatic nitrogens is 2. The Morgan fingerprint density at radius 3 is 3.00 bits per heavy atom. The van der Waals surface area contributed by atoms with Crippen molar-refractivity contribution in [2.45, 2.75) is 19.8 Å². The lowest BCUT2D eigenvalue weighted by Gasteiger charge is -2.02. The number of aryl methyl sites for hydroxylation is 1. The van der Waals surface area contributed by atoms with Crippen LogP contribution in [0.4, 0.5) is 5.69 Å². The molecule has 2 aromatic rings. The van der Waals surface area contributed by atoms with E-state index in [1.54, 1.807) is 0 Å². The number of H-pyrrole nitrogens is 1. The molecule has 0 spiro atoms. The highest BCUT2D eigenvalue weighted by Crippen LogP contribution is 2.19. The molecule has 1 aromatic heterocycles. The second-order valence-corrected chi connectivity index (χ2v) is 3.84. The van der Waals surface area contributed by atoms with Crippen LogP contribution in [0.5, 0.6) is 0 Å². The highest BCUT2D eigenvalue weighted by molar-refractivity contribution is 5.62. The van der Waals surface area contributed by atoms with Crippen LogP contribution < -0.4 is 5.32 Å². The number of imidazole rings is 1. The molecule has 84 valence electrons. The Morgan fingerprint density at radius 2 is 2.25 bits per heavy atom. The molecule has 0 atom stereocenters. The fraction of sp³-hybridized carbons (Fsp3) is 0.308. The van der Waals surface area contributed by atoms with Gasteiger partial charge in [-0.1, -0.05) is 25.5 Å². The SMILES string of the molecule is CCCc1cnc(-c2cccc(NC)c2)[nH]1. The Kier molecular flexibility index (Phi) is 3.25. The Hall–Kier alpha value is -1.77. The molecule has 0 aliphatic heterocycles. The smallest absolute Gasteiger partial charge is 0.137 e. The molecule has 16 heavy (non-hydrogen) atoms. The van der Waals surface area contributed by atoms with E-state index in [2.05, 4.69) is 34.3 Å². The van der Waals surface area contributed by atoms with Crippen molar-refractivity contribution in [2.75, 3.05) is 12.4 Å². The van der Waals surface area contributed by atoms with E-state index in [9.17, 15) is 0 Å². The minimum atomic E-state index is 0.945. The van der Waals surface area contributed by atoms with Crippen molar-refractivity contribution in [3.63, 3.8) is 0 Å². The first-order chi connectivity index (χ1) is 7.83. The number of anilines is 1. The van der Waals surface area contributed by atoms with Crippen LogP contribution in [0.25, 0.3) is 11.4 Å². The highest BCUT2D eigenvalue weighted by Gasteiger charge is 2.03. The molecule has 0 saturated heterocycles. The number of benzene rings is 1. The number of nitrogens with zero attached hydrogens (tertiary/aromatic N) is 1. The number of hydrogen-bond acceptors (Lipinski definition) is 2. The van der Waals surface area contributed by atoms with Gasteiger partial charge in [0.2, 0.25) is 0 Å². The fourth-order valence-electron chi connectivity index (χ4n) is 1.72. The predicted octanol–water partition coefficient (Wildman–Crippen LogP) is 3.07. The quantitative estimate of drug-likeness (QED) is 0.823. The molecule has 3 heteroatoms. The molecule has 0 saturated carbocycles. The zero-order valence-corrected chi connectivity index (χ0v) is 9.75. The lowest BCUT2D eigenvalue weighted by Crippen LogP contribution is -1.89. The summed E-state index contributed by atoms with van der Waals surface area (Å²) in [6.45, 7) is 2.17. The first kappa shape index (κ1) is 10.7. The molecule has 0 aliphatic rings. The molecular formula is C13H17N3. The van der Waals surface area contributed by atoms with Crippen molar-refractivity contribution in [3.05, 3.63) is 36.2 Å². The summed E-state index contributed by atoms with van der Waals surface area (Å²) in [5.41, 5.74) is 3.42. The van der Waals surface area contributed by atoms with Gasteiger partial charge in [0.05, 0.1) is 0 Å². The maximum atomic E-state index is 4.40. The van der Waals surface area contributed by atoms with Crippen LogP contribution in [0.3, 0.4) is 0 Å². The van der Waals surface area contributed by atoms with E-state index in [0.29, 0.717) is 0 Å². The zero-order valence-electron chi connectivity index (χ0n) is 9.75. The molecule has 2 N–H and O–H groups in total. The van der Waals surface area contributed by atoms with Gasteiger partial charge in [-0.15, -0.1) is 0 Å². The van der Waals surface area contributed by atoms with Gasteiger partial charge in [0, 0.05) is 30.2 Å². The first-order valence-corrected chi connectivity index (χ1v) is 5.65. The van der Waals surface area contributed by atoms with E-state index < -0.39 is 0 Å². The average molecular weight is 215 g/mol. The summed E-state index contributed by atoms with van der Waals surface area (Å²) in [6.07, 6.45) is 4.11. The third-order valence-electron chi connectivity index (χ3n) is 2.57. The van der Waals surface area contributed by atoms with E-state index in [1.807, 2.05) is 25.4 Å². The van der Waals surface area contributed by atoms with Crippen molar-refractivity contribution >= 4 is 5.69 Å². The largest absolute Gasteiger partial charge is 0.388 e. The molecule has 1 heterocycles. The minimum Gasteiger partial charge on any atom is -0.388 e. The van der Waals surface area contributed by atoms with Crippen LogP contribution in [-0.2, 0) is 6.42 Å². The van der Waals surface area contributed by atoms with Crippen molar-refractivity contribution in [3.8, 4) is 11.4 Å². The van der Waals surface area contributed by atoms with Gasteiger partial charge < -0.3 is 10.3 Å². The standard InChI is InChI=1S/C13H17N3/c1-3-5-12-9-15-13(16-12)10-6-4-7-11(8-10)14-2/h4,6-9,14H,3,5H2,1-2H3,(H,15,16). The number of aromatic amines is 1. The molecule has 0 unspecified atom stereocenters. The van der Waals surface area contributed by atoms with E-state index in [0.717, 1.165) is 29.9 Å². The lowest BCUT2D eigenvalue weighted by molar-refractivity contribution is 0.893. The molecule has 3 nitrogen and oxygen atoms in total. The normalized spacial score (nSPS) is 10.4. The molecule has 0 bridgehead atoms. The van der Waals surface area contributed by atoms with Gasteiger partial charge in [-0.05, 0) is 18.6 Å². The van der Waals surface area contributed by atoms with Gasteiger partial charge >= 0.3 is 0 Å². The van der Waals surface area contributed by atoms with Crippen LogP contribution in [0.2, 0.25) is 0 Å². The second kappa shape index (κ2) is 4.84. The topological polar surface area (TPSA) is 40.7 Å². The third kappa shape index (κ3) is 2.24. The maximum absolute atomic E-state index is 4.40. The summed E-state index contributed by atoms with van der Waals surface area (Å²) in [5, 5.41) is 3.13. The van der Waals surface area contributed by atoms with Crippen molar-refractivity contribution < 1.29 is 0 Å². The Labute approximate surface area is 95.9 Å². The summed E-state index contributed by atoms with van der Waals surface area (Å²) in [7, 11) is 1.92. The van der Waals surface area contributed by atoms with Crippen LogP contribution in [0.15, 0.2) is 30.5 Å². The maximum Gasteiger partial charge on any atom is 0.137 e. The Morgan fingerprint density at radius 1 is 1.38 bits per heavy atom. The summed E-state index contributed by atoms with van der Waals surface area (Å²) >= 11 is 0. The monoisotopic (exact) mass is 215 g/mol. The van der Waals surface area contributed by atoms with Crippen LogP contribution in [-0.4, -0.2) is 17.0 Å². The van der Waals surface area contributed by atoms with E-state index in [4.69, 9.17) is 0 Å². The molecule has 0 aliphatic carbocycles. The van der Waals surface area contributed by atoms with Crippen LogP contribution in [0, 0.1) is 0 Å². The van der Waals surface area contributed by atoms with Gasteiger partial charge in [0.1, 0.15) is 5.82 Å². The number of hydrogen-bond donors (Lipinski definition) is 2. The minimum absolute atomic E-state index is 0.945. The molecule has 0 amide bonds. The van der Waals surface area contributed by atoms with Crippen molar-refractivity contribution in [2.24, 2.45) is 0 Å². The first-order valence-electron chi connectivity index (χ1n) is 5.65. The summed E-state index contributed by atoms with van der Waals surface area (Å²) in [6, 6.07) is 8.23. The lowest BCUT2D eigenvalue weighted by atomic mass is 10.2. The molecule has 1 aromatic carbocycles. The molecular weight excluding hydrogens is 198 g/mol. The van der Waals surface area contributed by atoms with Gasteiger partial charge in [-0.3, -0.25) is 0 Å². The van der Waals surface area contributed by atoms with Gasteiger partial charge in [-0.25, -0.2) is 4.98 Å². The number of nitrogens with one attached hydrogen (secondary N) is 2. The Bertz CT molecular complexity index is 460. The van der Waals surface area contributed by atoms with Gasteiger partial charge in [-0.2, -0.15) is 0 Å². The second-order valence-electron chi connectivity index (χ2n) is 3.84. The van der Waals surface area contributed by atoms with Crippen LogP contribution in [0.1, 0.15) is 19.0 Å². The molecule has 2 rings (SSSR count). The van der Waals surface area contributed by atoms with E-state index >= 15 is 0 Å².